The number of pyridine rings is 1. The van der Waals surface area contributed by atoms with Crippen LogP contribution in [-0.2, 0) is 4.79 Å². The Bertz CT molecular complexity index is 1250. The number of hydrogen-bond acceptors (Lipinski definition) is 7. The number of nitrogens with one attached hydrogen (secondary N) is 2. The molecule has 3 heterocycles. The summed E-state index contributed by atoms with van der Waals surface area (Å²) >= 11 is 0. The van der Waals surface area contributed by atoms with Crippen molar-refractivity contribution in [2.75, 3.05) is 32.2 Å². The van der Waals surface area contributed by atoms with Gasteiger partial charge in [0.25, 0.3) is 0 Å². The molecule has 2 aliphatic rings. The van der Waals surface area contributed by atoms with Gasteiger partial charge in [0, 0.05) is 30.2 Å². The number of anilines is 1. The lowest BCUT2D eigenvalue weighted by Crippen LogP contribution is -2.40. The Morgan fingerprint density at radius 1 is 1.30 bits per heavy atom. The minimum Gasteiger partial charge on any atom is -0.497 e. The van der Waals surface area contributed by atoms with Gasteiger partial charge < -0.3 is 19.5 Å². The first-order chi connectivity index (χ1) is 16.2. The molecule has 172 valence electrons. The van der Waals surface area contributed by atoms with Crippen LogP contribution in [0.2, 0.25) is 0 Å². The predicted octanol–water partition coefficient (Wildman–Crippen LogP) is 2.06. The maximum atomic E-state index is 13.1. The van der Waals surface area contributed by atoms with Crippen LogP contribution < -0.4 is 26.0 Å². The number of fused-ring (bicyclic) bond motifs is 2. The van der Waals surface area contributed by atoms with Gasteiger partial charge in [-0.1, -0.05) is 11.6 Å². The number of benzene rings is 1. The molecule has 0 saturated heterocycles. The van der Waals surface area contributed by atoms with Crippen LogP contribution in [0.25, 0.3) is 23.2 Å². The molecule has 0 bridgehead atoms. The highest BCUT2D eigenvalue weighted by Crippen LogP contribution is 2.31. The largest absolute Gasteiger partial charge is 0.497 e. The van der Waals surface area contributed by atoms with Crippen LogP contribution in [0.3, 0.4) is 0 Å². The van der Waals surface area contributed by atoms with E-state index in [2.05, 4.69) is 31.9 Å². The molecule has 1 aliphatic heterocycles. The third-order valence-corrected chi connectivity index (χ3v) is 6.57. The Hall–Kier alpha value is -3.39. The van der Waals surface area contributed by atoms with Crippen molar-refractivity contribution in [3.63, 3.8) is 0 Å². The highest BCUT2D eigenvalue weighted by Gasteiger charge is 2.27. The molecular formula is C25H29N5O3. The summed E-state index contributed by atoms with van der Waals surface area (Å²) in [6, 6.07) is 7.57. The molecule has 1 fully saturated rings. The average molecular weight is 448 g/mol. The van der Waals surface area contributed by atoms with Crippen molar-refractivity contribution >= 4 is 34.8 Å². The summed E-state index contributed by atoms with van der Waals surface area (Å²) in [4.78, 5) is 19.7. The van der Waals surface area contributed by atoms with Crippen LogP contribution in [0.1, 0.15) is 25.7 Å². The zero-order valence-corrected chi connectivity index (χ0v) is 18.8. The quantitative estimate of drug-likeness (QED) is 0.573. The average Bonchev–Trinajstić information content (AvgIpc) is 3.32. The Morgan fingerprint density at radius 3 is 3.15 bits per heavy atom. The van der Waals surface area contributed by atoms with Gasteiger partial charge in [-0.25, -0.2) is 0 Å². The highest BCUT2D eigenvalue weighted by molar-refractivity contribution is 6.02. The van der Waals surface area contributed by atoms with Crippen LogP contribution in [-0.4, -0.2) is 47.8 Å². The molecule has 5 rings (SSSR count). The molecule has 33 heavy (non-hydrogen) atoms. The molecule has 0 spiro atoms. The van der Waals surface area contributed by atoms with E-state index in [-0.39, 0.29) is 11.8 Å². The minimum absolute atomic E-state index is 0.0221. The molecule has 1 saturated carbocycles. The van der Waals surface area contributed by atoms with Crippen LogP contribution in [0, 0.1) is 11.8 Å². The van der Waals surface area contributed by atoms with Gasteiger partial charge in [-0.3, -0.25) is 15.1 Å². The van der Waals surface area contributed by atoms with Crippen molar-refractivity contribution in [1.29, 1.82) is 0 Å². The SMILES string of the molecule is COc1ccc2nccc(NC(=O)C3CCCC(CNCN4C=c5cnoc5=CC4)C3)c2c1. The Balaban J connectivity index is 1.16. The zero-order valence-electron chi connectivity index (χ0n) is 18.8. The highest BCUT2D eigenvalue weighted by atomic mass is 16.5. The van der Waals surface area contributed by atoms with Crippen molar-refractivity contribution < 1.29 is 14.1 Å². The maximum Gasteiger partial charge on any atom is 0.227 e. The van der Waals surface area contributed by atoms with Crippen molar-refractivity contribution in [1.82, 2.24) is 20.4 Å². The summed E-state index contributed by atoms with van der Waals surface area (Å²) in [5, 5.41) is 12.5. The van der Waals surface area contributed by atoms with Crippen molar-refractivity contribution in [3.8, 4) is 5.75 Å². The van der Waals surface area contributed by atoms with Gasteiger partial charge in [-0.15, -0.1) is 0 Å². The third-order valence-electron chi connectivity index (χ3n) is 6.57. The molecule has 2 atom stereocenters. The summed E-state index contributed by atoms with van der Waals surface area (Å²) in [6.45, 7) is 2.47. The Morgan fingerprint density at radius 2 is 2.24 bits per heavy atom. The maximum absolute atomic E-state index is 13.1. The summed E-state index contributed by atoms with van der Waals surface area (Å²) in [7, 11) is 1.64. The second-order valence-corrected chi connectivity index (χ2v) is 8.82. The number of carbonyl (C=O) groups excluding carboxylic acids is 1. The molecule has 1 amide bonds. The van der Waals surface area contributed by atoms with E-state index >= 15 is 0 Å². The Kier molecular flexibility index (Phi) is 6.26. The molecule has 1 aromatic carbocycles. The van der Waals surface area contributed by atoms with Gasteiger partial charge in [0.15, 0.2) is 5.42 Å². The molecule has 2 N–H and O–H groups in total. The number of methoxy groups -OCH3 is 1. The van der Waals surface area contributed by atoms with Crippen LogP contribution >= 0.6 is 0 Å². The van der Waals surface area contributed by atoms with E-state index in [9.17, 15) is 4.79 Å². The molecule has 3 aromatic rings. The van der Waals surface area contributed by atoms with E-state index in [4.69, 9.17) is 9.26 Å². The number of hydrogen-bond donors (Lipinski definition) is 2. The number of carbonyl (C=O) groups is 1. The predicted molar refractivity (Wildman–Crippen MR) is 127 cm³/mol. The monoisotopic (exact) mass is 447 g/mol. The van der Waals surface area contributed by atoms with E-state index in [1.54, 1.807) is 19.5 Å². The van der Waals surface area contributed by atoms with E-state index in [1.807, 2.05) is 30.3 Å². The molecule has 2 unspecified atom stereocenters. The topological polar surface area (TPSA) is 92.5 Å². The first-order valence-corrected chi connectivity index (χ1v) is 11.5. The minimum atomic E-state index is 0.0221. The number of nitrogens with zero attached hydrogens (tertiary/aromatic N) is 3. The number of rotatable bonds is 7. The lowest BCUT2D eigenvalue weighted by atomic mass is 9.81. The molecule has 1 aliphatic carbocycles. The van der Waals surface area contributed by atoms with Gasteiger partial charge >= 0.3 is 0 Å². The summed E-state index contributed by atoms with van der Waals surface area (Å²) < 4.78 is 10.5. The van der Waals surface area contributed by atoms with E-state index in [0.717, 1.165) is 78.4 Å². The van der Waals surface area contributed by atoms with Gasteiger partial charge in [0.05, 0.1) is 36.4 Å². The number of ether oxygens (including phenoxy) is 1. The van der Waals surface area contributed by atoms with E-state index < -0.39 is 0 Å². The number of aromatic nitrogens is 2. The fourth-order valence-corrected chi connectivity index (χ4v) is 4.79. The van der Waals surface area contributed by atoms with E-state index in [1.165, 1.54) is 0 Å². The van der Waals surface area contributed by atoms with E-state index in [0.29, 0.717) is 5.92 Å². The summed E-state index contributed by atoms with van der Waals surface area (Å²) in [5.41, 5.74) is 2.46. The molecule has 8 heteroatoms. The zero-order chi connectivity index (χ0) is 22.6. The first-order valence-electron chi connectivity index (χ1n) is 11.5. The second kappa shape index (κ2) is 9.62. The van der Waals surface area contributed by atoms with Crippen LogP contribution in [0.15, 0.2) is 41.2 Å². The molecular weight excluding hydrogens is 418 g/mol. The Labute approximate surface area is 192 Å². The third kappa shape index (κ3) is 4.85. The molecule has 8 nitrogen and oxygen atoms in total. The van der Waals surface area contributed by atoms with Gasteiger partial charge in [-0.2, -0.15) is 0 Å². The fourth-order valence-electron chi connectivity index (χ4n) is 4.79. The van der Waals surface area contributed by atoms with Crippen molar-refractivity contribution in [3.05, 3.63) is 47.3 Å². The summed E-state index contributed by atoms with van der Waals surface area (Å²) in [5.74, 6) is 1.35. The molecule has 2 aromatic heterocycles. The van der Waals surface area contributed by atoms with Gasteiger partial charge in [0.2, 0.25) is 5.91 Å². The van der Waals surface area contributed by atoms with Crippen LogP contribution in [0.5, 0.6) is 5.75 Å². The lowest BCUT2D eigenvalue weighted by Gasteiger charge is -2.29. The fraction of sp³-hybridized carbons (Fsp3) is 0.400. The second-order valence-electron chi connectivity index (χ2n) is 8.82. The normalized spacial score (nSPS) is 20.0. The van der Waals surface area contributed by atoms with Crippen molar-refractivity contribution in [2.24, 2.45) is 11.8 Å². The standard InChI is InChI=1S/C25H29N5O3/c1-32-20-5-6-22-21(12-20)23(7-9-27-22)29-25(31)18-4-2-3-17(11-18)13-26-16-30-10-8-24-19(15-30)14-28-33-24/h5-9,12,14-15,17-18,26H,2-4,10-11,13,16H2,1H3,(H,27,29,31). The first kappa shape index (κ1) is 21.5. The smallest absolute Gasteiger partial charge is 0.227 e. The number of amides is 1. The summed E-state index contributed by atoms with van der Waals surface area (Å²) in [6.07, 6.45) is 11.6. The molecule has 0 radical (unpaired) electrons. The van der Waals surface area contributed by atoms with Gasteiger partial charge in [-0.05, 0) is 62.1 Å². The van der Waals surface area contributed by atoms with Gasteiger partial charge in [0.1, 0.15) is 5.75 Å². The van der Waals surface area contributed by atoms with Crippen LogP contribution in [0.4, 0.5) is 5.69 Å². The lowest BCUT2D eigenvalue weighted by molar-refractivity contribution is -0.121. The van der Waals surface area contributed by atoms with Crippen molar-refractivity contribution in [2.45, 2.75) is 25.7 Å².